The molecule has 0 spiro atoms. The third-order valence-corrected chi connectivity index (χ3v) is 3.86. The van der Waals surface area contributed by atoms with Gasteiger partial charge in [0.25, 0.3) is 0 Å². The molecule has 1 fully saturated rings. The molecule has 3 aromatic rings. The number of aliphatic hydroxyl groups is 1. The average molecular weight is 317 g/mol. The Morgan fingerprint density at radius 2 is 2.09 bits per heavy atom. The first-order valence-electron chi connectivity index (χ1n) is 6.86. The summed E-state index contributed by atoms with van der Waals surface area (Å²) >= 11 is 6.17. The monoisotopic (exact) mass is 316 g/mol. The molecule has 112 valence electrons. The smallest absolute Gasteiger partial charge is 0.227 e. The van der Waals surface area contributed by atoms with Crippen LogP contribution in [-0.4, -0.2) is 44.5 Å². The van der Waals surface area contributed by atoms with Crippen molar-refractivity contribution >= 4 is 40.1 Å². The molecule has 22 heavy (non-hydrogen) atoms. The molecule has 0 radical (unpaired) electrons. The number of hydrogen-bond acceptors (Lipinski definition) is 6. The number of rotatable bonds is 3. The highest BCUT2D eigenvalue weighted by atomic mass is 35.5. The molecule has 1 saturated heterocycles. The molecule has 0 atom stereocenters. The number of hydrogen-bond donors (Lipinski definition) is 3. The van der Waals surface area contributed by atoms with Gasteiger partial charge in [0.2, 0.25) is 5.95 Å². The first-order valence-corrected chi connectivity index (χ1v) is 7.24. The zero-order valence-electron chi connectivity index (χ0n) is 11.5. The normalized spacial score (nSPS) is 15.1. The Morgan fingerprint density at radius 3 is 2.91 bits per heavy atom. The van der Waals surface area contributed by atoms with Crippen LogP contribution in [-0.2, 0) is 0 Å². The Bertz CT molecular complexity index is 829. The van der Waals surface area contributed by atoms with Crippen LogP contribution in [0.5, 0.6) is 0 Å². The van der Waals surface area contributed by atoms with Gasteiger partial charge in [-0.05, 0) is 12.1 Å². The molecule has 0 aliphatic carbocycles. The van der Waals surface area contributed by atoms with Gasteiger partial charge in [0.15, 0.2) is 11.6 Å². The van der Waals surface area contributed by atoms with Gasteiger partial charge in [-0.25, -0.2) is 4.98 Å². The molecule has 0 unspecified atom stereocenters. The molecule has 1 aliphatic heterocycles. The van der Waals surface area contributed by atoms with E-state index in [1.807, 2.05) is 29.2 Å². The van der Waals surface area contributed by atoms with Crippen molar-refractivity contribution in [3.63, 3.8) is 0 Å². The second-order valence-electron chi connectivity index (χ2n) is 5.17. The number of H-pyrrole nitrogens is 1. The van der Waals surface area contributed by atoms with Crippen LogP contribution in [0.2, 0.25) is 5.02 Å². The van der Waals surface area contributed by atoms with Gasteiger partial charge in [0.1, 0.15) is 5.02 Å². The lowest BCUT2D eigenvalue weighted by Gasteiger charge is -2.35. The highest BCUT2D eigenvalue weighted by Gasteiger charge is 2.27. The van der Waals surface area contributed by atoms with E-state index in [1.54, 1.807) is 6.20 Å². The van der Waals surface area contributed by atoms with Crippen molar-refractivity contribution in [2.75, 3.05) is 23.3 Å². The fourth-order valence-corrected chi connectivity index (χ4v) is 2.53. The zero-order valence-corrected chi connectivity index (χ0v) is 12.2. The molecule has 1 aliphatic rings. The molecule has 1 aromatic carbocycles. The Morgan fingerprint density at radius 1 is 1.27 bits per heavy atom. The quantitative estimate of drug-likeness (QED) is 0.684. The molecule has 2 aromatic heterocycles. The molecule has 0 bridgehead atoms. The van der Waals surface area contributed by atoms with Crippen LogP contribution in [0, 0.1) is 0 Å². The van der Waals surface area contributed by atoms with Crippen molar-refractivity contribution in [1.29, 1.82) is 0 Å². The van der Waals surface area contributed by atoms with E-state index in [9.17, 15) is 5.11 Å². The Balaban J connectivity index is 1.66. The first-order chi connectivity index (χ1) is 10.7. The van der Waals surface area contributed by atoms with Crippen molar-refractivity contribution in [3.05, 3.63) is 35.5 Å². The number of anilines is 3. The summed E-state index contributed by atoms with van der Waals surface area (Å²) in [5.41, 5.74) is 0.932. The van der Waals surface area contributed by atoms with Crippen molar-refractivity contribution in [1.82, 2.24) is 20.2 Å². The lowest BCUT2D eigenvalue weighted by molar-refractivity contribution is 0.140. The van der Waals surface area contributed by atoms with E-state index in [2.05, 4.69) is 25.5 Å². The molecule has 0 saturated carbocycles. The third kappa shape index (κ3) is 2.24. The van der Waals surface area contributed by atoms with Crippen LogP contribution in [0.25, 0.3) is 10.9 Å². The summed E-state index contributed by atoms with van der Waals surface area (Å²) in [6.45, 7) is 1.07. The maximum Gasteiger partial charge on any atom is 0.227 e. The van der Waals surface area contributed by atoms with Gasteiger partial charge in [-0.2, -0.15) is 10.1 Å². The molecule has 3 N–H and O–H groups in total. The second kappa shape index (κ2) is 5.11. The van der Waals surface area contributed by atoms with Gasteiger partial charge in [0.05, 0.1) is 17.8 Å². The number of aromatic amines is 1. The number of aliphatic hydroxyl groups excluding tert-OH is 1. The van der Waals surface area contributed by atoms with E-state index >= 15 is 0 Å². The summed E-state index contributed by atoms with van der Waals surface area (Å²) in [6, 6.07) is 7.79. The van der Waals surface area contributed by atoms with Crippen molar-refractivity contribution in [3.8, 4) is 0 Å². The number of aromatic nitrogens is 4. The van der Waals surface area contributed by atoms with E-state index in [1.165, 1.54) is 0 Å². The number of nitrogens with one attached hydrogen (secondary N) is 2. The summed E-state index contributed by atoms with van der Waals surface area (Å²) < 4.78 is 0. The van der Waals surface area contributed by atoms with E-state index in [4.69, 9.17) is 11.6 Å². The van der Waals surface area contributed by atoms with E-state index in [0.29, 0.717) is 35.7 Å². The fraction of sp³-hybridized carbons (Fsp3) is 0.214. The molecule has 0 amide bonds. The van der Waals surface area contributed by atoms with Crippen LogP contribution in [0.4, 0.5) is 17.6 Å². The number of para-hydroxylation sites is 1. The molecular weight excluding hydrogens is 304 g/mol. The van der Waals surface area contributed by atoms with Crippen molar-refractivity contribution in [2.24, 2.45) is 0 Å². The maximum atomic E-state index is 9.38. The second-order valence-corrected chi connectivity index (χ2v) is 5.58. The molecule has 8 heteroatoms. The number of halogens is 1. The maximum absolute atomic E-state index is 9.38. The van der Waals surface area contributed by atoms with E-state index in [-0.39, 0.29) is 6.10 Å². The van der Waals surface area contributed by atoms with Crippen LogP contribution < -0.4 is 10.2 Å². The topological polar surface area (TPSA) is 90.0 Å². The summed E-state index contributed by atoms with van der Waals surface area (Å²) in [5.74, 6) is 1.69. The SMILES string of the molecule is OC1CN(c2ncc(Cl)c(Nc3n[nH]c4ccccc34)n2)C1. The predicted molar refractivity (Wildman–Crippen MR) is 84.6 cm³/mol. The zero-order chi connectivity index (χ0) is 15.1. The lowest BCUT2D eigenvalue weighted by Crippen LogP contribution is -2.51. The molecular formula is C14H13ClN6O. The molecule has 7 nitrogen and oxygen atoms in total. The van der Waals surface area contributed by atoms with Crippen LogP contribution in [0.1, 0.15) is 0 Å². The minimum Gasteiger partial charge on any atom is -0.389 e. The van der Waals surface area contributed by atoms with Gasteiger partial charge in [-0.15, -0.1) is 0 Å². The standard InChI is InChI=1S/C14H13ClN6O/c15-10-5-16-14(21-6-8(22)7-21)18-13(10)17-12-9-3-1-2-4-11(9)19-20-12/h1-5,8,22H,6-7H2,(H2,16,17,18,19,20). The largest absolute Gasteiger partial charge is 0.389 e. The van der Waals surface area contributed by atoms with Crippen LogP contribution in [0.3, 0.4) is 0 Å². The number of β-amino-alcohol motifs (C(OH)–C–C–N with tert-alkyl or cyclic N) is 1. The van der Waals surface area contributed by atoms with Gasteiger partial charge < -0.3 is 15.3 Å². The number of benzene rings is 1. The summed E-state index contributed by atoms with van der Waals surface area (Å²) in [5, 5.41) is 21.1. The van der Waals surface area contributed by atoms with Crippen molar-refractivity contribution < 1.29 is 5.11 Å². The van der Waals surface area contributed by atoms with Gasteiger partial charge in [-0.1, -0.05) is 23.7 Å². The van der Waals surface area contributed by atoms with Crippen LogP contribution >= 0.6 is 11.6 Å². The van der Waals surface area contributed by atoms with Gasteiger partial charge >= 0.3 is 0 Å². The average Bonchev–Trinajstić information content (AvgIpc) is 2.90. The first kappa shape index (κ1) is 13.3. The van der Waals surface area contributed by atoms with Gasteiger partial charge in [0, 0.05) is 18.5 Å². The number of fused-ring (bicyclic) bond motifs is 1. The fourth-order valence-electron chi connectivity index (χ4n) is 2.39. The minimum absolute atomic E-state index is 0.314. The lowest BCUT2D eigenvalue weighted by atomic mass is 10.2. The van der Waals surface area contributed by atoms with E-state index in [0.717, 1.165) is 10.9 Å². The summed E-state index contributed by atoms with van der Waals surface area (Å²) in [7, 11) is 0. The Hall–Kier alpha value is -2.38. The van der Waals surface area contributed by atoms with Crippen LogP contribution in [0.15, 0.2) is 30.5 Å². The van der Waals surface area contributed by atoms with E-state index < -0.39 is 0 Å². The predicted octanol–water partition coefficient (Wildman–Crippen LogP) is 1.93. The Kier molecular flexibility index (Phi) is 3.09. The molecule has 4 rings (SSSR count). The number of nitrogens with zero attached hydrogens (tertiary/aromatic N) is 4. The van der Waals surface area contributed by atoms with Gasteiger partial charge in [-0.3, -0.25) is 5.10 Å². The third-order valence-electron chi connectivity index (χ3n) is 3.58. The minimum atomic E-state index is -0.314. The molecule has 3 heterocycles. The summed E-state index contributed by atoms with van der Waals surface area (Å²) in [4.78, 5) is 10.5. The van der Waals surface area contributed by atoms with Crippen molar-refractivity contribution in [2.45, 2.75) is 6.10 Å². The highest BCUT2D eigenvalue weighted by molar-refractivity contribution is 6.33. The Labute approximate surface area is 131 Å². The summed E-state index contributed by atoms with van der Waals surface area (Å²) in [6.07, 6.45) is 1.23. The highest BCUT2D eigenvalue weighted by Crippen LogP contribution is 2.28.